The van der Waals surface area contributed by atoms with Crippen molar-refractivity contribution in [3.8, 4) is 22.3 Å². The molecule has 176 valence electrons. The lowest BCUT2D eigenvalue weighted by molar-refractivity contribution is 0.670. The summed E-state index contributed by atoms with van der Waals surface area (Å²) in [5.74, 6) is 0.256. The molecule has 1 heterocycles. The molecule has 1 aromatic heterocycles. The molecule has 1 atom stereocenters. The third-order valence-corrected chi connectivity index (χ3v) is 7.63. The zero-order valence-corrected chi connectivity index (χ0v) is 20.7. The molecule has 1 heteroatoms. The van der Waals surface area contributed by atoms with Gasteiger partial charge in [0, 0.05) is 22.3 Å². The zero-order chi connectivity index (χ0) is 24.8. The molecular formula is C36H26O. The maximum atomic E-state index is 6.28. The van der Waals surface area contributed by atoms with Gasteiger partial charge in [0.05, 0.1) is 0 Å². The Kier molecular flexibility index (Phi) is 5.15. The molecule has 6 aromatic carbocycles. The quantitative estimate of drug-likeness (QED) is 0.247. The number of benzene rings is 6. The summed E-state index contributed by atoms with van der Waals surface area (Å²) in [7, 11) is 0. The molecule has 37 heavy (non-hydrogen) atoms. The molecule has 0 N–H and O–H groups in total. The van der Waals surface area contributed by atoms with Crippen molar-refractivity contribution in [2.24, 2.45) is 0 Å². The van der Waals surface area contributed by atoms with E-state index < -0.39 is 0 Å². The van der Waals surface area contributed by atoms with E-state index in [0.717, 1.165) is 27.5 Å². The highest BCUT2D eigenvalue weighted by Crippen LogP contribution is 2.39. The van der Waals surface area contributed by atoms with E-state index in [9.17, 15) is 0 Å². The zero-order valence-electron chi connectivity index (χ0n) is 20.7. The molecule has 0 aliphatic heterocycles. The van der Waals surface area contributed by atoms with E-state index in [2.05, 4.69) is 128 Å². The van der Waals surface area contributed by atoms with Gasteiger partial charge in [-0.2, -0.15) is 0 Å². The summed E-state index contributed by atoms with van der Waals surface area (Å²) in [5.41, 5.74) is 9.40. The summed E-state index contributed by atoms with van der Waals surface area (Å²) < 4.78 is 6.28. The minimum absolute atomic E-state index is 0.256. The second kappa shape index (κ2) is 8.80. The van der Waals surface area contributed by atoms with Crippen LogP contribution in [0.2, 0.25) is 0 Å². The third kappa shape index (κ3) is 3.63. The number of furan rings is 1. The van der Waals surface area contributed by atoms with Gasteiger partial charge in [-0.15, -0.1) is 0 Å². The Morgan fingerprint density at radius 3 is 2.00 bits per heavy atom. The number of para-hydroxylation sites is 2. The summed E-state index contributed by atoms with van der Waals surface area (Å²) in [6.07, 6.45) is 0. The van der Waals surface area contributed by atoms with Crippen LogP contribution in [-0.2, 0) is 0 Å². The van der Waals surface area contributed by atoms with Gasteiger partial charge >= 0.3 is 0 Å². The van der Waals surface area contributed by atoms with Gasteiger partial charge in [0.25, 0.3) is 0 Å². The molecule has 0 aliphatic carbocycles. The fourth-order valence-corrected chi connectivity index (χ4v) is 5.69. The predicted octanol–water partition coefficient (Wildman–Crippen LogP) is 10.2. The first-order chi connectivity index (χ1) is 18.3. The maximum absolute atomic E-state index is 6.28. The molecule has 7 rings (SSSR count). The van der Waals surface area contributed by atoms with Crippen LogP contribution in [0.1, 0.15) is 24.0 Å². The van der Waals surface area contributed by atoms with Gasteiger partial charge in [-0.05, 0) is 44.7 Å². The SMILES string of the molecule is CC(c1ccc(-c2cccc3c2oc2ccccc23)cc1)c1ccccc1-c1cccc2ccccc12. The van der Waals surface area contributed by atoms with Crippen LogP contribution in [0.3, 0.4) is 0 Å². The average Bonchev–Trinajstić information content (AvgIpc) is 3.36. The number of hydrogen-bond acceptors (Lipinski definition) is 1. The van der Waals surface area contributed by atoms with Crippen molar-refractivity contribution < 1.29 is 4.42 Å². The maximum Gasteiger partial charge on any atom is 0.143 e. The van der Waals surface area contributed by atoms with Crippen LogP contribution in [0.4, 0.5) is 0 Å². The first-order valence-electron chi connectivity index (χ1n) is 12.9. The van der Waals surface area contributed by atoms with Gasteiger partial charge in [-0.1, -0.05) is 134 Å². The summed E-state index contributed by atoms with van der Waals surface area (Å²) in [4.78, 5) is 0. The molecule has 0 saturated carbocycles. The van der Waals surface area contributed by atoms with Gasteiger partial charge < -0.3 is 4.42 Å². The lowest BCUT2D eigenvalue weighted by atomic mass is 9.85. The highest BCUT2D eigenvalue weighted by Gasteiger charge is 2.16. The summed E-state index contributed by atoms with van der Waals surface area (Å²) >= 11 is 0. The fraction of sp³-hybridized carbons (Fsp3) is 0.0556. The van der Waals surface area contributed by atoms with Gasteiger partial charge in [-0.3, -0.25) is 0 Å². The second-order valence-electron chi connectivity index (χ2n) is 9.74. The van der Waals surface area contributed by atoms with Crippen LogP contribution in [0.5, 0.6) is 0 Å². The van der Waals surface area contributed by atoms with Crippen LogP contribution in [0, 0.1) is 0 Å². The molecule has 7 aromatic rings. The van der Waals surface area contributed by atoms with Crippen molar-refractivity contribution in [2.75, 3.05) is 0 Å². The van der Waals surface area contributed by atoms with Gasteiger partial charge in [-0.25, -0.2) is 0 Å². The molecule has 0 radical (unpaired) electrons. The minimum Gasteiger partial charge on any atom is -0.455 e. The fourth-order valence-electron chi connectivity index (χ4n) is 5.69. The van der Waals surface area contributed by atoms with Crippen LogP contribution in [0.15, 0.2) is 138 Å². The molecule has 0 bridgehead atoms. The summed E-state index contributed by atoms with van der Waals surface area (Å²) in [6.45, 7) is 2.30. The third-order valence-electron chi connectivity index (χ3n) is 7.63. The van der Waals surface area contributed by atoms with Crippen molar-refractivity contribution in [1.82, 2.24) is 0 Å². The Labute approximate surface area is 216 Å². The average molecular weight is 475 g/mol. The van der Waals surface area contributed by atoms with Crippen molar-refractivity contribution in [2.45, 2.75) is 12.8 Å². The number of hydrogen-bond donors (Lipinski definition) is 0. The highest BCUT2D eigenvalue weighted by molar-refractivity contribution is 6.09. The predicted molar refractivity (Wildman–Crippen MR) is 156 cm³/mol. The molecule has 0 spiro atoms. The second-order valence-corrected chi connectivity index (χ2v) is 9.74. The summed E-state index contributed by atoms with van der Waals surface area (Å²) in [5, 5.41) is 4.88. The van der Waals surface area contributed by atoms with E-state index >= 15 is 0 Å². The van der Waals surface area contributed by atoms with Crippen LogP contribution >= 0.6 is 0 Å². The van der Waals surface area contributed by atoms with E-state index in [-0.39, 0.29) is 5.92 Å². The van der Waals surface area contributed by atoms with Crippen molar-refractivity contribution >= 4 is 32.7 Å². The van der Waals surface area contributed by atoms with E-state index in [0.29, 0.717) is 0 Å². The molecule has 1 unspecified atom stereocenters. The molecular weight excluding hydrogens is 448 g/mol. The molecule has 1 nitrogen and oxygen atoms in total. The Balaban J connectivity index is 1.28. The minimum atomic E-state index is 0.256. The number of fused-ring (bicyclic) bond motifs is 4. The Bertz CT molecular complexity index is 1880. The monoisotopic (exact) mass is 474 g/mol. The Morgan fingerprint density at radius 2 is 1.11 bits per heavy atom. The normalized spacial score (nSPS) is 12.4. The Hall–Kier alpha value is -4.62. The lowest BCUT2D eigenvalue weighted by Gasteiger charge is -2.19. The van der Waals surface area contributed by atoms with Gasteiger partial charge in [0.1, 0.15) is 11.2 Å². The van der Waals surface area contributed by atoms with Gasteiger partial charge in [0.2, 0.25) is 0 Å². The van der Waals surface area contributed by atoms with Crippen LogP contribution in [0.25, 0.3) is 55.0 Å². The van der Waals surface area contributed by atoms with E-state index in [1.54, 1.807) is 0 Å². The first kappa shape index (κ1) is 21.6. The lowest BCUT2D eigenvalue weighted by Crippen LogP contribution is -1.99. The van der Waals surface area contributed by atoms with Crippen LogP contribution in [-0.4, -0.2) is 0 Å². The molecule has 0 fully saturated rings. The smallest absolute Gasteiger partial charge is 0.143 e. The largest absolute Gasteiger partial charge is 0.455 e. The molecule has 0 amide bonds. The van der Waals surface area contributed by atoms with Crippen molar-refractivity contribution in [3.63, 3.8) is 0 Å². The standard InChI is InChI=1S/C36H26O/c1-24(28-12-4-5-14-31(28)32-17-8-11-26-10-2-3-13-29(26)32)25-20-22-27(23-21-25)30-16-9-18-34-33-15-6-7-19-35(33)37-36(30)34/h2-24H,1H3. The first-order valence-corrected chi connectivity index (χ1v) is 12.9. The Morgan fingerprint density at radius 1 is 0.486 bits per heavy atom. The van der Waals surface area contributed by atoms with Crippen molar-refractivity contribution in [3.05, 3.63) is 145 Å². The van der Waals surface area contributed by atoms with E-state index in [4.69, 9.17) is 4.42 Å². The van der Waals surface area contributed by atoms with Crippen molar-refractivity contribution in [1.29, 1.82) is 0 Å². The van der Waals surface area contributed by atoms with E-state index in [1.807, 2.05) is 12.1 Å². The van der Waals surface area contributed by atoms with E-state index in [1.165, 1.54) is 38.6 Å². The summed E-state index contributed by atoms with van der Waals surface area (Å²) in [6, 6.07) is 47.7. The topological polar surface area (TPSA) is 13.1 Å². The molecule has 0 saturated heterocycles. The highest BCUT2D eigenvalue weighted by atomic mass is 16.3. The number of rotatable bonds is 4. The van der Waals surface area contributed by atoms with Crippen LogP contribution < -0.4 is 0 Å². The molecule has 0 aliphatic rings. The van der Waals surface area contributed by atoms with Gasteiger partial charge in [0.15, 0.2) is 0 Å².